The summed E-state index contributed by atoms with van der Waals surface area (Å²) < 4.78 is 5.78. The zero-order chi connectivity index (χ0) is 14.4. The second kappa shape index (κ2) is 7.34. The molecule has 1 atom stereocenters. The smallest absolute Gasteiger partial charge is 0.119 e. The van der Waals surface area contributed by atoms with Gasteiger partial charge in [0.15, 0.2) is 0 Å². The summed E-state index contributed by atoms with van der Waals surface area (Å²) >= 11 is 0. The number of ether oxygens (including phenoxy) is 1. The highest BCUT2D eigenvalue weighted by atomic mass is 16.5. The van der Waals surface area contributed by atoms with E-state index in [1.807, 2.05) is 24.3 Å². The molecule has 0 saturated heterocycles. The number of hydrogen-bond acceptors (Lipinski definition) is 3. The van der Waals surface area contributed by atoms with Gasteiger partial charge in [-0.05, 0) is 49.4 Å². The summed E-state index contributed by atoms with van der Waals surface area (Å²) in [4.78, 5) is 0. The van der Waals surface area contributed by atoms with Crippen molar-refractivity contribution in [2.45, 2.75) is 38.6 Å². The van der Waals surface area contributed by atoms with Crippen molar-refractivity contribution >= 4 is 5.69 Å². The van der Waals surface area contributed by atoms with E-state index in [1.54, 1.807) is 0 Å². The van der Waals surface area contributed by atoms with E-state index in [-0.39, 0.29) is 6.04 Å². The Labute approximate surface area is 122 Å². The zero-order valence-corrected chi connectivity index (χ0v) is 12.4. The van der Waals surface area contributed by atoms with Crippen molar-refractivity contribution in [3.63, 3.8) is 0 Å². The molecule has 1 aromatic rings. The summed E-state index contributed by atoms with van der Waals surface area (Å²) in [6.07, 6.45) is 4.93. The Balaban J connectivity index is 1.74. The molecule has 0 spiro atoms. The average Bonchev–Trinajstić information content (AvgIpc) is 2.43. The minimum absolute atomic E-state index is 0.00884. The van der Waals surface area contributed by atoms with Gasteiger partial charge in [-0.15, -0.1) is 0 Å². The Hall–Kier alpha value is -1.48. The summed E-state index contributed by atoms with van der Waals surface area (Å²) in [6.45, 7) is 7.62. The molecule has 0 radical (unpaired) electrons. The van der Waals surface area contributed by atoms with Crippen LogP contribution in [0.3, 0.4) is 0 Å². The third kappa shape index (κ3) is 4.27. The first-order chi connectivity index (χ1) is 9.69. The molecule has 1 aromatic carbocycles. The lowest BCUT2D eigenvalue weighted by Crippen LogP contribution is -2.30. The van der Waals surface area contributed by atoms with E-state index in [0.29, 0.717) is 0 Å². The van der Waals surface area contributed by atoms with Gasteiger partial charge >= 0.3 is 0 Å². The van der Waals surface area contributed by atoms with E-state index < -0.39 is 0 Å². The number of rotatable bonds is 8. The van der Waals surface area contributed by atoms with Gasteiger partial charge in [-0.2, -0.15) is 0 Å². The molecule has 0 aromatic heterocycles. The maximum atomic E-state index is 6.02. The van der Waals surface area contributed by atoms with Gasteiger partial charge in [0.1, 0.15) is 5.75 Å². The monoisotopic (exact) mass is 274 g/mol. The highest BCUT2D eigenvalue weighted by molar-refractivity contribution is 5.46. The number of benzene rings is 1. The van der Waals surface area contributed by atoms with Gasteiger partial charge in [0.2, 0.25) is 0 Å². The molecule has 1 fully saturated rings. The molecule has 0 heterocycles. The molecule has 0 aliphatic heterocycles. The first-order valence-electron chi connectivity index (χ1n) is 7.59. The van der Waals surface area contributed by atoms with Crippen LogP contribution in [0.15, 0.2) is 36.4 Å². The minimum atomic E-state index is 0.00884. The molecule has 1 aliphatic carbocycles. The normalized spacial score (nSPS) is 16.3. The number of hydrogen-bond donors (Lipinski definition) is 2. The molecule has 110 valence electrons. The molecular formula is C17H26N2O. The van der Waals surface area contributed by atoms with Crippen LogP contribution in [-0.2, 0) is 0 Å². The van der Waals surface area contributed by atoms with Crippen LogP contribution in [0.1, 0.15) is 32.6 Å². The number of nitrogens with one attached hydrogen (secondary N) is 1. The quantitative estimate of drug-likeness (QED) is 0.712. The summed E-state index contributed by atoms with van der Waals surface area (Å²) in [7, 11) is 0. The Kier molecular flexibility index (Phi) is 5.48. The molecule has 1 saturated carbocycles. The fourth-order valence-corrected chi connectivity index (χ4v) is 2.18. The third-order valence-electron chi connectivity index (χ3n) is 4.07. The highest BCUT2D eigenvalue weighted by Gasteiger charge is 2.17. The molecule has 2 rings (SSSR count). The van der Waals surface area contributed by atoms with Crippen molar-refractivity contribution in [1.29, 1.82) is 0 Å². The van der Waals surface area contributed by atoms with Crippen LogP contribution in [-0.4, -0.2) is 19.2 Å². The molecule has 1 aliphatic rings. The Morgan fingerprint density at radius 2 is 2.10 bits per heavy atom. The van der Waals surface area contributed by atoms with Gasteiger partial charge in [-0.25, -0.2) is 0 Å². The Bertz CT molecular complexity index is 423. The van der Waals surface area contributed by atoms with Crippen LogP contribution >= 0.6 is 0 Å². The zero-order valence-electron chi connectivity index (χ0n) is 12.4. The van der Waals surface area contributed by atoms with Gasteiger partial charge in [-0.3, -0.25) is 0 Å². The molecule has 0 unspecified atom stereocenters. The second-order valence-electron chi connectivity index (χ2n) is 5.63. The van der Waals surface area contributed by atoms with Crippen molar-refractivity contribution in [2.24, 2.45) is 11.7 Å². The summed E-state index contributed by atoms with van der Waals surface area (Å²) in [6, 6.07) is 8.12. The van der Waals surface area contributed by atoms with Crippen molar-refractivity contribution in [2.75, 3.05) is 18.5 Å². The molecule has 0 amide bonds. The first-order valence-corrected chi connectivity index (χ1v) is 7.59. The van der Waals surface area contributed by atoms with E-state index in [2.05, 4.69) is 18.8 Å². The molecule has 3 heteroatoms. The fraction of sp³-hybridized carbons (Fsp3) is 0.529. The highest BCUT2D eigenvalue weighted by Crippen LogP contribution is 2.27. The van der Waals surface area contributed by atoms with Crippen LogP contribution in [0.25, 0.3) is 0 Å². The molecule has 3 N–H and O–H groups in total. The van der Waals surface area contributed by atoms with Crippen molar-refractivity contribution in [1.82, 2.24) is 0 Å². The van der Waals surface area contributed by atoms with E-state index >= 15 is 0 Å². The molecule has 0 bridgehead atoms. The van der Waals surface area contributed by atoms with Crippen molar-refractivity contribution in [3.05, 3.63) is 36.4 Å². The van der Waals surface area contributed by atoms with E-state index in [4.69, 9.17) is 10.5 Å². The average molecular weight is 274 g/mol. The summed E-state index contributed by atoms with van der Waals surface area (Å²) in [5, 5.41) is 3.33. The van der Waals surface area contributed by atoms with Crippen LogP contribution in [0, 0.1) is 5.92 Å². The van der Waals surface area contributed by atoms with Crippen molar-refractivity contribution < 1.29 is 4.74 Å². The third-order valence-corrected chi connectivity index (χ3v) is 4.07. The lowest BCUT2D eigenvalue weighted by molar-refractivity contribution is 0.180. The van der Waals surface area contributed by atoms with Gasteiger partial charge in [-0.1, -0.05) is 25.5 Å². The van der Waals surface area contributed by atoms with E-state index in [0.717, 1.165) is 42.5 Å². The van der Waals surface area contributed by atoms with Gasteiger partial charge in [0.05, 0.1) is 6.61 Å². The summed E-state index contributed by atoms with van der Waals surface area (Å²) in [5.74, 6) is 1.72. The lowest BCUT2D eigenvalue weighted by atomic mass is 9.86. The topological polar surface area (TPSA) is 47.3 Å². The lowest BCUT2D eigenvalue weighted by Gasteiger charge is -2.25. The standard InChI is InChI=1S/C17H26N2O/c1-3-13(2)17(18)11-19-15-7-9-16(10-8-15)20-12-14-5-4-6-14/h7-10,14,17,19H,2-6,11-12,18H2,1H3/t17-/m1/s1. The first kappa shape index (κ1) is 14.9. The fourth-order valence-electron chi connectivity index (χ4n) is 2.18. The van der Waals surface area contributed by atoms with E-state index in [1.165, 1.54) is 19.3 Å². The van der Waals surface area contributed by atoms with Gasteiger partial charge < -0.3 is 15.8 Å². The maximum Gasteiger partial charge on any atom is 0.119 e. The molecule has 20 heavy (non-hydrogen) atoms. The van der Waals surface area contributed by atoms with Crippen LogP contribution < -0.4 is 15.8 Å². The van der Waals surface area contributed by atoms with Crippen LogP contribution in [0.2, 0.25) is 0 Å². The molecule has 3 nitrogen and oxygen atoms in total. The Morgan fingerprint density at radius 3 is 2.65 bits per heavy atom. The van der Waals surface area contributed by atoms with E-state index in [9.17, 15) is 0 Å². The van der Waals surface area contributed by atoms with Gasteiger partial charge in [0.25, 0.3) is 0 Å². The van der Waals surface area contributed by atoms with Crippen LogP contribution in [0.5, 0.6) is 5.75 Å². The minimum Gasteiger partial charge on any atom is -0.493 e. The predicted octanol–water partition coefficient (Wildman–Crippen LogP) is 3.57. The predicted molar refractivity (Wildman–Crippen MR) is 85.2 cm³/mol. The summed E-state index contributed by atoms with van der Waals surface area (Å²) in [5.41, 5.74) is 8.17. The van der Waals surface area contributed by atoms with Gasteiger partial charge in [0, 0.05) is 18.3 Å². The Morgan fingerprint density at radius 1 is 1.40 bits per heavy atom. The molecular weight excluding hydrogens is 248 g/mol. The van der Waals surface area contributed by atoms with Crippen molar-refractivity contribution in [3.8, 4) is 5.75 Å². The largest absolute Gasteiger partial charge is 0.493 e. The number of anilines is 1. The SMILES string of the molecule is C=C(CC)[C@H](N)CNc1ccc(OCC2CCC2)cc1. The number of nitrogens with two attached hydrogens (primary N) is 1. The van der Waals surface area contributed by atoms with Crippen LogP contribution in [0.4, 0.5) is 5.69 Å². The second-order valence-corrected chi connectivity index (χ2v) is 5.63. The maximum absolute atomic E-state index is 6.02.